The SMILES string of the molecule is CCN1C[C@H](C(=O)N2CCN(c3nc(C)cnc3C)CC2)CC1=O. The predicted molar refractivity (Wildman–Crippen MR) is 90.7 cm³/mol. The maximum atomic E-state index is 12.7. The van der Waals surface area contributed by atoms with Gasteiger partial charge in [-0.1, -0.05) is 0 Å². The highest BCUT2D eigenvalue weighted by Crippen LogP contribution is 2.22. The van der Waals surface area contributed by atoms with Gasteiger partial charge >= 0.3 is 0 Å². The molecule has 0 N–H and O–H groups in total. The Morgan fingerprint density at radius 1 is 1.25 bits per heavy atom. The van der Waals surface area contributed by atoms with Crippen LogP contribution in [0.1, 0.15) is 24.7 Å². The molecule has 3 heterocycles. The van der Waals surface area contributed by atoms with Crippen LogP contribution in [0.4, 0.5) is 5.82 Å². The molecule has 7 heteroatoms. The molecule has 3 rings (SSSR count). The molecule has 0 saturated carbocycles. The van der Waals surface area contributed by atoms with Gasteiger partial charge in [-0.2, -0.15) is 0 Å². The molecule has 2 fully saturated rings. The molecule has 0 aliphatic carbocycles. The third-order valence-electron chi connectivity index (χ3n) is 4.89. The normalized spacial score (nSPS) is 21.5. The molecule has 0 bridgehead atoms. The summed E-state index contributed by atoms with van der Waals surface area (Å²) in [7, 11) is 0. The molecule has 1 aromatic rings. The first kappa shape index (κ1) is 16.7. The Kier molecular flexibility index (Phi) is 4.69. The average Bonchev–Trinajstić information content (AvgIpc) is 2.97. The largest absolute Gasteiger partial charge is 0.352 e. The number of amides is 2. The van der Waals surface area contributed by atoms with Crippen molar-refractivity contribution in [3.63, 3.8) is 0 Å². The van der Waals surface area contributed by atoms with Crippen molar-refractivity contribution in [1.82, 2.24) is 19.8 Å². The van der Waals surface area contributed by atoms with Crippen LogP contribution in [-0.2, 0) is 9.59 Å². The first-order valence-electron chi connectivity index (χ1n) is 8.61. The summed E-state index contributed by atoms with van der Waals surface area (Å²) >= 11 is 0. The van der Waals surface area contributed by atoms with E-state index in [-0.39, 0.29) is 17.7 Å². The summed E-state index contributed by atoms with van der Waals surface area (Å²) in [6.45, 7) is 9.95. The summed E-state index contributed by atoms with van der Waals surface area (Å²) in [6.07, 6.45) is 2.13. The fourth-order valence-corrected chi connectivity index (χ4v) is 3.46. The van der Waals surface area contributed by atoms with E-state index in [1.807, 2.05) is 25.7 Å². The van der Waals surface area contributed by atoms with Gasteiger partial charge in [-0.05, 0) is 20.8 Å². The maximum absolute atomic E-state index is 12.7. The molecule has 0 spiro atoms. The van der Waals surface area contributed by atoms with Gasteiger partial charge in [-0.3, -0.25) is 14.6 Å². The smallest absolute Gasteiger partial charge is 0.228 e. The van der Waals surface area contributed by atoms with E-state index in [9.17, 15) is 9.59 Å². The molecule has 2 amide bonds. The van der Waals surface area contributed by atoms with Crippen LogP contribution in [0.5, 0.6) is 0 Å². The van der Waals surface area contributed by atoms with Crippen molar-refractivity contribution < 1.29 is 9.59 Å². The van der Waals surface area contributed by atoms with Gasteiger partial charge in [0.1, 0.15) is 5.82 Å². The minimum Gasteiger partial charge on any atom is -0.352 e. The minimum atomic E-state index is -0.176. The van der Waals surface area contributed by atoms with Crippen LogP contribution >= 0.6 is 0 Å². The number of carbonyl (C=O) groups is 2. The van der Waals surface area contributed by atoms with Crippen LogP contribution in [-0.4, -0.2) is 70.9 Å². The summed E-state index contributed by atoms with van der Waals surface area (Å²) in [4.78, 5) is 39.3. The van der Waals surface area contributed by atoms with Crippen LogP contribution in [0, 0.1) is 19.8 Å². The number of hydrogen-bond acceptors (Lipinski definition) is 5. The lowest BCUT2D eigenvalue weighted by atomic mass is 10.1. The molecule has 1 atom stereocenters. The van der Waals surface area contributed by atoms with Gasteiger partial charge in [0.15, 0.2) is 0 Å². The molecule has 24 heavy (non-hydrogen) atoms. The maximum Gasteiger partial charge on any atom is 0.228 e. The fourth-order valence-electron chi connectivity index (χ4n) is 3.46. The van der Waals surface area contributed by atoms with Crippen LogP contribution in [0.25, 0.3) is 0 Å². The zero-order valence-corrected chi connectivity index (χ0v) is 14.7. The number of aromatic nitrogens is 2. The number of hydrogen-bond donors (Lipinski definition) is 0. The topological polar surface area (TPSA) is 69.6 Å². The Balaban J connectivity index is 1.60. The summed E-state index contributed by atoms with van der Waals surface area (Å²) in [6, 6.07) is 0. The van der Waals surface area contributed by atoms with Crippen molar-refractivity contribution in [3.8, 4) is 0 Å². The number of carbonyl (C=O) groups excluding carboxylic acids is 2. The van der Waals surface area contributed by atoms with E-state index in [2.05, 4.69) is 14.9 Å². The molecular formula is C17H25N5O2. The van der Waals surface area contributed by atoms with Crippen LogP contribution in [0.3, 0.4) is 0 Å². The Morgan fingerprint density at radius 2 is 1.96 bits per heavy atom. The summed E-state index contributed by atoms with van der Waals surface area (Å²) in [5.74, 6) is 0.950. The number of rotatable bonds is 3. The van der Waals surface area contributed by atoms with Crippen molar-refractivity contribution in [3.05, 3.63) is 17.6 Å². The van der Waals surface area contributed by atoms with Gasteiger partial charge < -0.3 is 14.7 Å². The lowest BCUT2D eigenvalue weighted by Crippen LogP contribution is -2.51. The average molecular weight is 331 g/mol. The van der Waals surface area contributed by atoms with Crippen molar-refractivity contribution in [2.75, 3.05) is 44.2 Å². The number of aryl methyl sites for hydroxylation is 2. The van der Waals surface area contributed by atoms with Gasteiger partial charge in [0.2, 0.25) is 11.8 Å². The zero-order chi connectivity index (χ0) is 17.3. The van der Waals surface area contributed by atoms with E-state index in [0.29, 0.717) is 32.6 Å². The van der Waals surface area contributed by atoms with Crippen LogP contribution < -0.4 is 4.90 Å². The zero-order valence-electron chi connectivity index (χ0n) is 14.7. The highest BCUT2D eigenvalue weighted by atomic mass is 16.2. The molecule has 7 nitrogen and oxygen atoms in total. The Hall–Kier alpha value is -2.18. The lowest BCUT2D eigenvalue weighted by Gasteiger charge is -2.36. The van der Waals surface area contributed by atoms with Crippen molar-refractivity contribution in [2.24, 2.45) is 5.92 Å². The lowest BCUT2D eigenvalue weighted by molar-refractivity contribution is -0.136. The van der Waals surface area contributed by atoms with Crippen molar-refractivity contribution >= 4 is 17.6 Å². The van der Waals surface area contributed by atoms with E-state index in [4.69, 9.17) is 0 Å². The van der Waals surface area contributed by atoms with E-state index in [0.717, 1.165) is 30.3 Å². The van der Waals surface area contributed by atoms with Gasteiger partial charge in [0, 0.05) is 51.9 Å². The third kappa shape index (κ3) is 3.20. The fraction of sp³-hybridized carbons (Fsp3) is 0.647. The van der Waals surface area contributed by atoms with E-state index in [1.54, 1.807) is 11.1 Å². The molecule has 1 aromatic heterocycles. The van der Waals surface area contributed by atoms with Crippen LogP contribution in [0.15, 0.2) is 6.20 Å². The van der Waals surface area contributed by atoms with Crippen molar-refractivity contribution in [1.29, 1.82) is 0 Å². The van der Waals surface area contributed by atoms with Gasteiger partial charge in [-0.25, -0.2) is 4.98 Å². The minimum absolute atomic E-state index is 0.0974. The summed E-state index contributed by atoms with van der Waals surface area (Å²) < 4.78 is 0. The summed E-state index contributed by atoms with van der Waals surface area (Å²) in [5.41, 5.74) is 1.82. The molecule has 2 aliphatic rings. The van der Waals surface area contributed by atoms with Gasteiger partial charge in [0.05, 0.1) is 17.3 Å². The molecule has 2 aliphatic heterocycles. The van der Waals surface area contributed by atoms with E-state index < -0.39 is 0 Å². The number of piperazine rings is 1. The molecular weight excluding hydrogens is 306 g/mol. The summed E-state index contributed by atoms with van der Waals surface area (Å²) in [5, 5.41) is 0. The Morgan fingerprint density at radius 3 is 2.58 bits per heavy atom. The monoisotopic (exact) mass is 331 g/mol. The quantitative estimate of drug-likeness (QED) is 0.812. The first-order chi connectivity index (χ1) is 11.5. The predicted octanol–water partition coefficient (Wildman–Crippen LogP) is 0.610. The third-order valence-corrected chi connectivity index (χ3v) is 4.89. The number of likely N-dealkylation sites (tertiary alicyclic amines) is 1. The molecule has 0 unspecified atom stereocenters. The van der Waals surface area contributed by atoms with Crippen LogP contribution in [0.2, 0.25) is 0 Å². The molecule has 2 saturated heterocycles. The second-order valence-electron chi connectivity index (χ2n) is 6.57. The van der Waals surface area contributed by atoms with Crippen molar-refractivity contribution in [2.45, 2.75) is 27.2 Å². The Labute approximate surface area is 142 Å². The van der Waals surface area contributed by atoms with Gasteiger partial charge in [0.25, 0.3) is 0 Å². The number of nitrogens with zero attached hydrogens (tertiary/aromatic N) is 5. The molecule has 130 valence electrons. The van der Waals surface area contributed by atoms with E-state index >= 15 is 0 Å². The first-order valence-corrected chi connectivity index (χ1v) is 8.61. The molecule has 0 radical (unpaired) electrons. The van der Waals surface area contributed by atoms with E-state index in [1.165, 1.54) is 0 Å². The second kappa shape index (κ2) is 6.75. The molecule has 0 aromatic carbocycles. The Bertz CT molecular complexity index is 640. The van der Waals surface area contributed by atoms with Gasteiger partial charge in [-0.15, -0.1) is 0 Å². The standard InChI is InChI=1S/C17H25N5O2/c1-4-20-11-14(9-15(20)23)17(24)22-7-5-21(6-8-22)16-13(3)18-10-12(2)19-16/h10,14H,4-9,11H2,1-3H3/t14-/m1/s1. The second-order valence-corrected chi connectivity index (χ2v) is 6.57. The number of anilines is 1. The highest BCUT2D eigenvalue weighted by molar-refractivity contribution is 5.89. The highest BCUT2D eigenvalue weighted by Gasteiger charge is 2.36.